The van der Waals surface area contributed by atoms with Crippen molar-refractivity contribution in [2.45, 2.75) is 40.0 Å². The van der Waals surface area contributed by atoms with Gasteiger partial charge < -0.3 is 9.47 Å². The highest BCUT2D eigenvalue weighted by Gasteiger charge is 2.34. The Kier molecular flexibility index (Phi) is 5.87. The molecule has 1 atom stereocenters. The van der Waals surface area contributed by atoms with Gasteiger partial charge in [-0.05, 0) is 31.4 Å². The van der Waals surface area contributed by atoms with Crippen molar-refractivity contribution in [2.75, 3.05) is 13.2 Å². The van der Waals surface area contributed by atoms with Crippen LogP contribution in [-0.2, 0) is 10.9 Å². The highest BCUT2D eigenvalue weighted by atomic mass is 19.4. The van der Waals surface area contributed by atoms with E-state index < -0.39 is 11.7 Å². The maximum absolute atomic E-state index is 12.9. The van der Waals surface area contributed by atoms with Crippen LogP contribution >= 0.6 is 0 Å². The molecular formula is C15H21F3O2. The Balaban J connectivity index is 2.64. The number of halogens is 3. The van der Waals surface area contributed by atoms with Crippen LogP contribution in [0.1, 0.15) is 31.9 Å². The van der Waals surface area contributed by atoms with E-state index in [4.69, 9.17) is 9.47 Å². The first-order valence-electron chi connectivity index (χ1n) is 6.64. The molecule has 0 saturated heterocycles. The van der Waals surface area contributed by atoms with E-state index in [0.29, 0.717) is 11.5 Å². The number of aryl methyl sites for hydroxylation is 1. The van der Waals surface area contributed by atoms with Crippen LogP contribution in [0.15, 0.2) is 18.2 Å². The minimum atomic E-state index is -4.41. The van der Waals surface area contributed by atoms with Gasteiger partial charge in [-0.25, -0.2) is 0 Å². The fraction of sp³-hybridized carbons (Fsp3) is 0.600. The predicted octanol–water partition coefficient (Wildman–Crippen LogP) is 4.45. The summed E-state index contributed by atoms with van der Waals surface area (Å²) in [5, 5.41) is 0. The molecular weight excluding hydrogens is 269 g/mol. The van der Waals surface area contributed by atoms with Gasteiger partial charge in [0.15, 0.2) is 0 Å². The van der Waals surface area contributed by atoms with Gasteiger partial charge in [0.2, 0.25) is 0 Å². The molecule has 20 heavy (non-hydrogen) atoms. The Morgan fingerprint density at radius 1 is 1.10 bits per heavy atom. The van der Waals surface area contributed by atoms with Gasteiger partial charge >= 0.3 is 6.18 Å². The molecule has 0 radical (unpaired) electrons. The topological polar surface area (TPSA) is 18.5 Å². The van der Waals surface area contributed by atoms with E-state index in [9.17, 15) is 13.2 Å². The van der Waals surface area contributed by atoms with E-state index in [1.807, 2.05) is 20.8 Å². The van der Waals surface area contributed by atoms with Crippen LogP contribution in [0, 0.1) is 12.8 Å². The SMILES string of the molecule is Cc1cccc(C(F)(F)F)c1OCCOC(C)C(C)C. The zero-order valence-corrected chi connectivity index (χ0v) is 12.3. The van der Waals surface area contributed by atoms with E-state index in [1.165, 1.54) is 6.07 Å². The van der Waals surface area contributed by atoms with Gasteiger partial charge in [-0.2, -0.15) is 13.2 Å². The second kappa shape index (κ2) is 6.97. The number of hydrogen-bond acceptors (Lipinski definition) is 2. The summed E-state index contributed by atoms with van der Waals surface area (Å²) in [6.07, 6.45) is -4.36. The molecule has 0 aliphatic heterocycles. The summed E-state index contributed by atoms with van der Waals surface area (Å²) in [5.41, 5.74) is -0.272. The van der Waals surface area contributed by atoms with E-state index in [0.717, 1.165) is 6.07 Å². The lowest BCUT2D eigenvalue weighted by Gasteiger charge is -2.19. The molecule has 1 unspecified atom stereocenters. The average Bonchev–Trinajstić information content (AvgIpc) is 2.34. The largest absolute Gasteiger partial charge is 0.490 e. The Hall–Kier alpha value is -1.23. The molecule has 0 fully saturated rings. The van der Waals surface area contributed by atoms with E-state index >= 15 is 0 Å². The molecule has 0 aliphatic rings. The van der Waals surface area contributed by atoms with Crippen molar-refractivity contribution in [3.05, 3.63) is 29.3 Å². The predicted molar refractivity (Wildman–Crippen MR) is 71.9 cm³/mol. The fourth-order valence-electron chi connectivity index (χ4n) is 1.64. The van der Waals surface area contributed by atoms with Gasteiger partial charge in [-0.3, -0.25) is 0 Å². The molecule has 0 spiro atoms. The van der Waals surface area contributed by atoms with E-state index in [-0.39, 0.29) is 25.1 Å². The number of para-hydroxylation sites is 1. The van der Waals surface area contributed by atoms with Crippen molar-refractivity contribution in [1.29, 1.82) is 0 Å². The summed E-state index contributed by atoms with van der Waals surface area (Å²) in [6.45, 7) is 7.95. The van der Waals surface area contributed by atoms with Gasteiger partial charge in [0, 0.05) is 0 Å². The fourth-order valence-corrected chi connectivity index (χ4v) is 1.64. The van der Waals surface area contributed by atoms with Crippen LogP contribution < -0.4 is 4.74 Å². The first kappa shape index (κ1) is 16.8. The molecule has 2 nitrogen and oxygen atoms in total. The van der Waals surface area contributed by atoms with Gasteiger partial charge in [0.1, 0.15) is 12.4 Å². The Bertz CT molecular complexity index is 428. The van der Waals surface area contributed by atoms with Gasteiger partial charge in [0.05, 0.1) is 18.3 Å². The molecule has 0 bridgehead atoms. The maximum Gasteiger partial charge on any atom is 0.419 e. The molecule has 1 aromatic rings. The summed E-state index contributed by atoms with van der Waals surface area (Å²) in [4.78, 5) is 0. The Morgan fingerprint density at radius 2 is 1.75 bits per heavy atom. The molecule has 0 N–H and O–H groups in total. The molecule has 1 aromatic carbocycles. The van der Waals surface area contributed by atoms with Crippen molar-refractivity contribution in [3.63, 3.8) is 0 Å². The summed E-state index contributed by atoms with van der Waals surface area (Å²) < 4.78 is 49.3. The first-order valence-corrected chi connectivity index (χ1v) is 6.64. The van der Waals surface area contributed by atoms with Crippen molar-refractivity contribution in [2.24, 2.45) is 5.92 Å². The monoisotopic (exact) mass is 290 g/mol. The molecule has 0 heterocycles. The number of alkyl halides is 3. The number of rotatable bonds is 6. The van der Waals surface area contributed by atoms with Crippen LogP contribution in [0.2, 0.25) is 0 Å². The second-order valence-electron chi connectivity index (χ2n) is 5.12. The Morgan fingerprint density at radius 3 is 2.30 bits per heavy atom. The van der Waals surface area contributed by atoms with E-state index in [2.05, 4.69) is 0 Å². The third-order valence-electron chi connectivity index (χ3n) is 3.17. The molecule has 5 heteroatoms. The van der Waals surface area contributed by atoms with Crippen LogP contribution in [-0.4, -0.2) is 19.3 Å². The zero-order chi connectivity index (χ0) is 15.3. The molecule has 114 valence electrons. The summed E-state index contributed by atoms with van der Waals surface area (Å²) in [7, 11) is 0. The van der Waals surface area contributed by atoms with Crippen LogP contribution in [0.4, 0.5) is 13.2 Å². The second-order valence-corrected chi connectivity index (χ2v) is 5.12. The minimum Gasteiger partial charge on any atom is -0.490 e. The number of benzene rings is 1. The third-order valence-corrected chi connectivity index (χ3v) is 3.17. The van der Waals surface area contributed by atoms with Crippen molar-refractivity contribution < 1.29 is 22.6 Å². The molecule has 1 rings (SSSR count). The lowest BCUT2D eigenvalue weighted by atomic mass is 10.1. The molecule has 0 saturated carbocycles. The highest BCUT2D eigenvalue weighted by molar-refractivity contribution is 5.42. The normalized spacial score (nSPS) is 13.6. The van der Waals surface area contributed by atoms with Crippen LogP contribution in [0.25, 0.3) is 0 Å². The average molecular weight is 290 g/mol. The molecule has 0 aliphatic carbocycles. The Labute approximate surface area is 117 Å². The molecule has 0 amide bonds. The van der Waals surface area contributed by atoms with Crippen molar-refractivity contribution in [3.8, 4) is 5.75 Å². The lowest BCUT2D eigenvalue weighted by Crippen LogP contribution is -2.20. The lowest BCUT2D eigenvalue weighted by molar-refractivity contribution is -0.139. The minimum absolute atomic E-state index is 0.0533. The van der Waals surface area contributed by atoms with Gasteiger partial charge in [-0.1, -0.05) is 26.0 Å². The van der Waals surface area contributed by atoms with Crippen LogP contribution in [0.5, 0.6) is 5.75 Å². The number of hydrogen-bond donors (Lipinski definition) is 0. The quantitative estimate of drug-likeness (QED) is 0.720. The van der Waals surface area contributed by atoms with Crippen LogP contribution in [0.3, 0.4) is 0 Å². The van der Waals surface area contributed by atoms with E-state index in [1.54, 1.807) is 13.0 Å². The van der Waals surface area contributed by atoms with Gasteiger partial charge in [-0.15, -0.1) is 0 Å². The van der Waals surface area contributed by atoms with Crippen molar-refractivity contribution in [1.82, 2.24) is 0 Å². The third kappa shape index (κ3) is 4.71. The summed E-state index contributed by atoms with van der Waals surface area (Å²) >= 11 is 0. The van der Waals surface area contributed by atoms with Crippen molar-refractivity contribution >= 4 is 0 Å². The summed E-state index contributed by atoms with van der Waals surface area (Å²) in [5.74, 6) is 0.250. The molecule has 0 aromatic heterocycles. The maximum atomic E-state index is 12.9. The smallest absolute Gasteiger partial charge is 0.419 e. The standard InChI is InChI=1S/C15H21F3O2/c1-10(2)12(4)19-8-9-20-14-11(3)6-5-7-13(14)15(16,17)18/h5-7,10,12H,8-9H2,1-4H3. The number of ether oxygens (including phenoxy) is 2. The first-order chi connectivity index (χ1) is 9.23. The highest BCUT2D eigenvalue weighted by Crippen LogP contribution is 2.37. The summed E-state index contributed by atoms with van der Waals surface area (Å²) in [6, 6.07) is 4.00. The van der Waals surface area contributed by atoms with Gasteiger partial charge in [0.25, 0.3) is 0 Å². The zero-order valence-electron chi connectivity index (χ0n) is 12.3.